The monoisotopic (exact) mass is 378 g/mol. The van der Waals surface area contributed by atoms with Gasteiger partial charge in [-0.05, 0) is 42.2 Å². The molecule has 1 fully saturated rings. The molecule has 0 N–H and O–H groups in total. The lowest BCUT2D eigenvalue weighted by molar-refractivity contribution is -0.121. The summed E-state index contributed by atoms with van der Waals surface area (Å²) in [6.07, 6.45) is 1.36. The molecular formula is C26H22N2O. The molecule has 3 unspecified atom stereocenters. The lowest BCUT2D eigenvalue weighted by atomic mass is 9.58. The minimum Gasteiger partial charge on any atom is -0.307 e. The van der Waals surface area contributed by atoms with Crippen molar-refractivity contribution in [2.45, 2.75) is 37.1 Å². The van der Waals surface area contributed by atoms with Crippen molar-refractivity contribution in [2.24, 2.45) is 4.99 Å². The SMILES string of the molecule is CC1=Nc2ccccc2C12C(c1ccccc1)CC(=O)N1c3ccccc3CC12. The lowest BCUT2D eigenvalue weighted by Crippen LogP contribution is -2.61. The Labute approximate surface area is 170 Å². The van der Waals surface area contributed by atoms with Gasteiger partial charge >= 0.3 is 0 Å². The molecule has 0 aromatic heterocycles. The van der Waals surface area contributed by atoms with E-state index in [9.17, 15) is 4.79 Å². The Kier molecular flexibility index (Phi) is 3.40. The van der Waals surface area contributed by atoms with E-state index in [0.717, 1.165) is 23.5 Å². The number of hydrogen-bond acceptors (Lipinski definition) is 2. The van der Waals surface area contributed by atoms with Crippen molar-refractivity contribution < 1.29 is 4.79 Å². The number of benzene rings is 3. The highest BCUT2D eigenvalue weighted by Crippen LogP contribution is 2.58. The van der Waals surface area contributed by atoms with Gasteiger partial charge in [0.15, 0.2) is 0 Å². The molecule has 1 amide bonds. The fourth-order valence-electron chi connectivity index (χ4n) is 6.04. The third-order valence-corrected chi connectivity index (χ3v) is 7.14. The first-order valence-electron chi connectivity index (χ1n) is 10.3. The summed E-state index contributed by atoms with van der Waals surface area (Å²) in [6, 6.07) is 27.5. The summed E-state index contributed by atoms with van der Waals surface area (Å²) >= 11 is 0. The van der Waals surface area contributed by atoms with Gasteiger partial charge in [-0.15, -0.1) is 0 Å². The topological polar surface area (TPSA) is 32.7 Å². The zero-order valence-corrected chi connectivity index (χ0v) is 16.4. The van der Waals surface area contributed by atoms with Crippen LogP contribution in [-0.2, 0) is 16.6 Å². The highest BCUT2D eigenvalue weighted by atomic mass is 16.2. The molecule has 1 saturated heterocycles. The first-order valence-corrected chi connectivity index (χ1v) is 10.3. The Morgan fingerprint density at radius 1 is 0.897 bits per heavy atom. The number of rotatable bonds is 1. The molecule has 3 aliphatic rings. The van der Waals surface area contributed by atoms with Crippen molar-refractivity contribution in [3.05, 3.63) is 95.6 Å². The molecule has 0 saturated carbocycles. The number of fused-ring (bicyclic) bond motifs is 6. The molecule has 3 nitrogen and oxygen atoms in total. The number of anilines is 1. The smallest absolute Gasteiger partial charge is 0.227 e. The fraction of sp³-hybridized carbons (Fsp3) is 0.231. The molecule has 3 aliphatic heterocycles. The van der Waals surface area contributed by atoms with Gasteiger partial charge in [-0.3, -0.25) is 9.79 Å². The quantitative estimate of drug-likeness (QED) is 0.574. The summed E-state index contributed by atoms with van der Waals surface area (Å²) in [7, 11) is 0. The van der Waals surface area contributed by atoms with Crippen LogP contribution in [0.25, 0.3) is 0 Å². The Morgan fingerprint density at radius 3 is 2.48 bits per heavy atom. The molecule has 1 spiro atoms. The number of aliphatic imine (C=N–C) groups is 1. The Bertz CT molecular complexity index is 1170. The van der Waals surface area contributed by atoms with Crippen LogP contribution in [0.4, 0.5) is 11.4 Å². The summed E-state index contributed by atoms with van der Waals surface area (Å²) in [4.78, 5) is 20.6. The van der Waals surface area contributed by atoms with Crippen LogP contribution in [-0.4, -0.2) is 17.7 Å². The van der Waals surface area contributed by atoms with Crippen molar-refractivity contribution >= 4 is 23.0 Å². The minimum absolute atomic E-state index is 0.0544. The fourth-order valence-corrected chi connectivity index (χ4v) is 6.04. The van der Waals surface area contributed by atoms with Crippen LogP contribution in [0.3, 0.4) is 0 Å². The van der Waals surface area contributed by atoms with Gasteiger partial charge in [0.05, 0.1) is 17.1 Å². The Hall–Kier alpha value is -3.20. The van der Waals surface area contributed by atoms with Crippen molar-refractivity contribution in [3.63, 3.8) is 0 Å². The molecule has 3 aromatic rings. The molecule has 3 heterocycles. The second-order valence-electron chi connectivity index (χ2n) is 8.36. The van der Waals surface area contributed by atoms with Gasteiger partial charge in [0.1, 0.15) is 0 Å². The average Bonchev–Trinajstić information content (AvgIpc) is 3.28. The van der Waals surface area contributed by atoms with Crippen LogP contribution in [0.15, 0.2) is 83.9 Å². The van der Waals surface area contributed by atoms with Crippen LogP contribution in [0, 0.1) is 0 Å². The van der Waals surface area contributed by atoms with Gasteiger partial charge in [-0.25, -0.2) is 0 Å². The molecule has 6 rings (SSSR count). The van der Waals surface area contributed by atoms with Crippen molar-refractivity contribution in [1.29, 1.82) is 0 Å². The van der Waals surface area contributed by atoms with Crippen molar-refractivity contribution in [3.8, 4) is 0 Å². The van der Waals surface area contributed by atoms with Crippen molar-refractivity contribution in [1.82, 2.24) is 0 Å². The number of hydrogen-bond donors (Lipinski definition) is 0. The van der Waals surface area contributed by atoms with Crippen molar-refractivity contribution in [2.75, 3.05) is 4.90 Å². The van der Waals surface area contributed by atoms with Gasteiger partial charge < -0.3 is 4.90 Å². The molecule has 0 bridgehead atoms. The summed E-state index contributed by atoms with van der Waals surface area (Å²) in [6.45, 7) is 2.16. The van der Waals surface area contributed by atoms with Gasteiger partial charge in [0.25, 0.3) is 0 Å². The van der Waals surface area contributed by atoms with Crippen LogP contribution >= 0.6 is 0 Å². The van der Waals surface area contributed by atoms with E-state index in [-0.39, 0.29) is 23.3 Å². The minimum atomic E-state index is -0.301. The highest BCUT2D eigenvalue weighted by Gasteiger charge is 2.61. The van der Waals surface area contributed by atoms with E-state index < -0.39 is 0 Å². The predicted molar refractivity (Wildman–Crippen MR) is 116 cm³/mol. The van der Waals surface area contributed by atoms with Crippen LogP contribution < -0.4 is 4.90 Å². The van der Waals surface area contributed by atoms with Gasteiger partial charge in [0, 0.05) is 23.7 Å². The maximum absolute atomic E-state index is 13.5. The summed E-state index contributed by atoms with van der Waals surface area (Å²) in [5, 5.41) is 0. The van der Waals surface area contributed by atoms with E-state index in [2.05, 4.69) is 78.6 Å². The molecule has 29 heavy (non-hydrogen) atoms. The Balaban J connectivity index is 1.64. The first kappa shape index (κ1) is 16.7. The largest absolute Gasteiger partial charge is 0.307 e. The Morgan fingerprint density at radius 2 is 1.62 bits per heavy atom. The second-order valence-corrected chi connectivity index (χ2v) is 8.36. The van der Waals surface area contributed by atoms with E-state index in [1.807, 2.05) is 12.1 Å². The molecule has 3 aromatic carbocycles. The first-order chi connectivity index (χ1) is 14.2. The standard InChI is InChI=1S/C26H22N2O/c1-17-26(20-12-6-7-13-22(20)27-17)21(18-9-3-2-4-10-18)16-25(29)28-23-14-8-5-11-19(23)15-24(26)28/h2-14,21,24H,15-16H2,1H3. The van der Waals surface area contributed by atoms with E-state index in [1.54, 1.807) is 0 Å². The normalized spacial score (nSPS) is 26.9. The van der Waals surface area contributed by atoms with E-state index in [4.69, 9.17) is 4.99 Å². The zero-order valence-electron chi connectivity index (χ0n) is 16.4. The maximum atomic E-state index is 13.5. The summed E-state index contributed by atoms with van der Waals surface area (Å²) in [5.41, 5.74) is 6.70. The third-order valence-electron chi connectivity index (χ3n) is 7.14. The van der Waals surface area contributed by atoms with E-state index in [0.29, 0.717) is 6.42 Å². The summed E-state index contributed by atoms with van der Waals surface area (Å²) < 4.78 is 0. The highest BCUT2D eigenvalue weighted by molar-refractivity contribution is 6.08. The maximum Gasteiger partial charge on any atom is 0.227 e. The number of para-hydroxylation sites is 2. The molecule has 3 atom stereocenters. The average molecular weight is 378 g/mol. The van der Waals surface area contributed by atoms with Gasteiger partial charge in [-0.1, -0.05) is 66.7 Å². The third kappa shape index (κ3) is 2.08. The summed E-state index contributed by atoms with van der Waals surface area (Å²) in [5.74, 6) is 0.302. The van der Waals surface area contributed by atoms with Gasteiger partial charge in [-0.2, -0.15) is 0 Å². The zero-order chi connectivity index (χ0) is 19.6. The molecule has 142 valence electrons. The van der Waals surface area contributed by atoms with Crippen LogP contribution in [0.2, 0.25) is 0 Å². The molecule has 3 heteroatoms. The van der Waals surface area contributed by atoms with E-state index in [1.165, 1.54) is 16.7 Å². The lowest BCUT2D eigenvalue weighted by Gasteiger charge is -2.51. The number of piperidine rings is 1. The number of carbonyl (C=O) groups is 1. The van der Waals surface area contributed by atoms with Gasteiger partial charge in [0.2, 0.25) is 5.91 Å². The van der Waals surface area contributed by atoms with E-state index >= 15 is 0 Å². The second kappa shape index (κ2) is 5.90. The van der Waals surface area contributed by atoms with Crippen LogP contribution in [0.5, 0.6) is 0 Å². The molecular weight excluding hydrogens is 356 g/mol. The molecule has 0 radical (unpaired) electrons. The number of carbonyl (C=O) groups excluding carboxylic acids is 1. The molecule has 0 aliphatic carbocycles. The number of nitrogens with zero attached hydrogens (tertiary/aromatic N) is 2. The van der Waals surface area contributed by atoms with Crippen LogP contribution in [0.1, 0.15) is 36.0 Å². The predicted octanol–water partition coefficient (Wildman–Crippen LogP) is 5.18. The number of amides is 1.